The van der Waals surface area contributed by atoms with Gasteiger partial charge in [-0.25, -0.2) is 4.98 Å². The molecule has 1 N–H and O–H groups in total. The van der Waals surface area contributed by atoms with Crippen molar-refractivity contribution in [1.29, 1.82) is 0 Å². The predicted octanol–water partition coefficient (Wildman–Crippen LogP) is 1.61. The number of nitrogens with zero attached hydrogens (tertiary/aromatic N) is 1. The molecule has 0 saturated carbocycles. The van der Waals surface area contributed by atoms with Gasteiger partial charge in [-0.1, -0.05) is 13.0 Å². The van der Waals surface area contributed by atoms with Crippen LogP contribution in [0.1, 0.15) is 18.9 Å². The first-order valence-electron chi connectivity index (χ1n) is 5.64. The van der Waals surface area contributed by atoms with Gasteiger partial charge in [-0.05, 0) is 18.5 Å². The molecule has 1 aromatic heterocycles. The van der Waals surface area contributed by atoms with Gasteiger partial charge in [-0.2, -0.15) is 0 Å². The van der Waals surface area contributed by atoms with Gasteiger partial charge in [0.15, 0.2) is 0 Å². The van der Waals surface area contributed by atoms with Crippen LogP contribution in [0.5, 0.6) is 5.88 Å². The molecule has 4 nitrogen and oxygen atoms in total. The zero-order valence-corrected chi connectivity index (χ0v) is 10.0. The summed E-state index contributed by atoms with van der Waals surface area (Å²) in [6.45, 7) is 5.17. The lowest BCUT2D eigenvalue weighted by atomic mass is 10.3. The summed E-state index contributed by atoms with van der Waals surface area (Å²) >= 11 is 0. The monoisotopic (exact) mass is 224 g/mol. The molecule has 1 rings (SSSR count). The lowest BCUT2D eigenvalue weighted by Gasteiger charge is -2.06. The maximum Gasteiger partial charge on any atom is 0.213 e. The molecule has 4 heteroatoms. The Balaban J connectivity index is 2.30. The molecule has 1 aromatic rings. The van der Waals surface area contributed by atoms with Crippen molar-refractivity contribution in [2.24, 2.45) is 0 Å². The number of rotatable bonds is 8. The number of ether oxygens (including phenoxy) is 2. The Labute approximate surface area is 97.0 Å². The van der Waals surface area contributed by atoms with Gasteiger partial charge >= 0.3 is 0 Å². The third kappa shape index (κ3) is 5.09. The van der Waals surface area contributed by atoms with E-state index >= 15 is 0 Å². The van der Waals surface area contributed by atoms with Crippen LogP contribution in [0.3, 0.4) is 0 Å². The first-order valence-corrected chi connectivity index (χ1v) is 5.64. The highest BCUT2D eigenvalue weighted by atomic mass is 16.5. The Morgan fingerprint density at radius 1 is 1.31 bits per heavy atom. The van der Waals surface area contributed by atoms with Gasteiger partial charge < -0.3 is 14.8 Å². The Hall–Kier alpha value is -1.13. The highest BCUT2D eigenvalue weighted by Crippen LogP contribution is 2.07. The SMILES string of the molecule is CCCNCc1ccc(OCCOC)nc1. The molecule has 0 aliphatic heterocycles. The Kier molecular flexibility index (Phi) is 6.53. The first-order chi connectivity index (χ1) is 7.86. The molecule has 0 radical (unpaired) electrons. The van der Waals surface area contributed by atoms with Crippen LogP contribution in [0.4, 0.5) is 0 Å². The van der Waals surface area contributed by atoms with Crippen LogP contribution in [0, 0.1) is 0 Å². The van der Waals surface area contributed by atoms with E-state index in [1.165, 1.54) is 5.56 Å². The molecule has 0 unspecified atom stereocenters. The summed E-state index contributed by atoms with van der Waals surface area (Å²) in [4.78, 5) is 4.21. The number of nitrogens with one attached hydrogen (secondary N) is 1. The zero-order valence-electron chi connectivity index (χ0n) is 10.0. The molecule has 1 heterocycles. The molecular weight excluding hydrogens is 204 g/mol. The molecule has 0 aromatic carbocycles. The second kappa shape index (κ2) is 8.07. The average molecular weight is 224 g/mol. The van der Waals surface area contributed by atoms with Crippen molar-refractivity contribution in [1.82, 2.24) is 10.3 Å². The summed E-state index contributed by atoms with van der Waals surface area (Å²) in [5.41, 5.74) is 1.17. The third-order valence-electron chi connectivity index (χ3n) is 2.09. The van der Waals surface area contributed by atoms with Crippen LogP contribution in [-0.4, -0.2) is 31.9 Å². The van der Waals surface area contributed by atoms with Crippen LogP contribution >= 0.6 is 0 Å². The number of methoxy groups -OCH3 is 1. The van der Waals surface area contributed by atoms with Crippen LogP contribution in [0.2, 0.25) is 0 Å². The van der Waals surface area contributed by atoms with E-state index in [0.717, 1.165) is 19.5 Å². The van der Waals surface area contributed by atoms with Crippen molar-refractivity contribution < 1.29 is 9.47 Å². The van der Waals surface area contributed by atoms with Gasteiger partial charge in [-0.3, -0.25) is 0 Å². The van der Waals surface area contributed by atoms with Crippen molar-refractivity contribution in [2.45, 2.75) is 19.9 Å². The quantitative estimate of drug-likeness (QED) is 0.681. The Bertz CT molecular complexity index is 246. The number of pyridine rings is 1. The highest BCUT2D eigenvalue weighted by molar-refractivity contribution is 5.17. The van der Waals surface area contributed by atoms with Gasteiger partial charge in [0.1, 0.15) is 6.61 Å². The minimum atomic E-state index is 0.539. The standard InChI is InChI=1S/C12H20N2O2/c1-3-6-13-9-11-4-5-12(14-10-11)16-8-7-15-2/h4-5,10,13H,3,6-9H2,1-2H3. The van der Waals surface area contributed by atoms with Gasteiger partial charge in [-0.15, -0.1) is 0 Å². The first kappa shape index (κ1) is 12.9. The topological polar surface area (TPSA) is 43.4 Å². The second-order valence-electron chi connectivity index (χ2n) is 3.52. The molecule has 0 amide bonds. The summed E-state index contributed by atoms with van der Waals surface area (Å²) in [7, 11) is 1.65. The molecule has 0 spiro atoms. The van der Waals surface area contributed by atoms with E-state index in [0.29, 0.717) is 19.1 Å². The number of hydrogen-bond acceptors (Lipinski definition) is 4. The molecule has 0 aliphatic rings. The van der Waals surface area contributed by atoms with Crippen molar-refractivity contribution in [3.05, 3.63) is 23.9 Å². The molecule has 0 fully saturated rings. The summed E-state index contributed by atoms with van der Waals surface area (Å²) < 4.78 is 10.3. The fourth-order valence-electron chi connectivity index (χ4n) is 1.24. The Morgan fingerprint density at radius 2 is 2.19 bits per heavy atom. The number of hydrogen-bond donors (Lipinski definition) is 1. The van der Waals surface area contributed by atoms with Crippen molar-refractivity contribution in [3.8, 4) is 5.88 Å². The smallest absolute Gasteiger partial charge is 0.213 e. The van der Waals surface area contributed by atoms with Gasteiger partial charge in [0, 0.05) is 25.9 Å². The lowest BCUT2D eigenvalue weighted by molar-refractivity contribution is 0.143. The second-order valence-corrected chi connectivity index (χ2v) is 3.52. The predicted molar refractivity (Wildman–Crippen MR) is 63.6 cm³/mol. The van der Waals surface area contributed by atoms with E-state index in [1.807, 2.05) is 18.3 Å². The average Bonchev–Trinajstić information content (AvgIpc) is 2.32. The maximum absolute atomic E-state index is 5.37. The summed E-state index contributed by atoms with van der Waals surface area (Å²) in [5.74, 6) is 0.649. The fourth-order valence-corrected chi connectivity index (χ4v) is 1.24. The summed E-state index contributed by atoms with van der Waals surface area (Å²) in [6.07, 6.45) is 2.98. The van der Waals surface area contributed by atoms with Crippen molar-refractivity contribution in [3.63, 3.8) is 0 Å². The summed E-state index contributed by atoms with van der Waals surface area (Å²) in [5, 5.41) is 3.32. The van der Waals surface area contributed by atoms with E-state index in [2.05, 4.69) is 17.2 Å². The van der Waals surface area contributed by atoms with Crippen LogP contribution in [0.15, 0.2) is 18.3 Å². The minimum absolute atomic E-state index is 0.539. The van der Waals surface area contributed by atoms with E-state index in [9.17, 15) is 0 Å². The largest absolute Gasteiger partial charge is 0.475 e. The van der Waals surface area contributed by atoms with Gasteiger partial charge in [0.05, 0.1) is 6.61 Å². The normalized spacial score (nSPS) is 10.4. The maximum atomic E-state index is 5.37. The molecule has 16 heavy (non-hydrogen) atoms. The van der Waals surface area contributed by atoms with Crippen molar-refractivity contribution >= 4 is 0 Å². The molecule has 0 bridgehead atoms. The molecular formula is C12H20N2O2. The third-order valence-corrected chi connectivity index (χ3v) is 2.09. The number of aromatic nitrogens is 1. The fraction of sp³-hybridized carbons (Fsp3) is 0.583. The highest BCUT2D eigenvalue weighted by Gasteiger charge is 1.96. The van der Waals surface area contributed by atoms with Crippen LogP contribution in [-0.2, 0) is 11.3 Å². The summed E-state index contributed by atoms with van der Waals surface area (Å²) in [6, 6.07) is 3.91. The molecule has 0 aliphatic carbocycles. The van der Waals surface area contributed by atoms with Gasteiger partial charge in [0.2, 0.25) is 5.88 Å². The molecule has 90 valence electrons. The lowest BCUT2D eigenvalue weighted by Crippen LogP contribution is -2.14. The molecule has 0 atom stereocenters. The van der Waals surface area contributed by atoms with E-state index in [-0.39, 0.29) is 0 Å². The minimum Gasteiger partial charge on any atom is -0.475 e. The van der Waals surface area contributed by atoms with Gasteiger partial charge in [0.25, 0.3) is 0 Å². The van der Waals surface area contributed by atoms with E-state index in [4.69, 9.17) is 9.47 Å². The van der Waals surface area contributed by atoms with E-state index in [1.54, 1.807) is 7.11 Å². The van der Waals surface area contributed by atoms with E-state index < -0.39 is 0 Å². The zero-order chi connectivity index (χ0) is 11.6. The van der Waals surface area contributed by atoms with Crippen molar-refractivity contribution in [2.75, 3.05) is 26.9 Å². The van der Waals surface area contributed by atoms with Crippen LogP contribution in [0.25, 0.3) is 0 Å². The Morgan fingerprint density at radius 3 is 2.81 bits per heavy atom. The molecule has 0 saturated heterocycles. The van der Waals surface area contributed by atoms with Crippen LogP contribution < -0.4 is 10.1 Å².